The number of hydrogen-bond acceptors (Lipinski definition) is 4. The summed E-state index contributed by atoms with van der Waals surface area (Å²) in [7, 11) is 0. The minimum atomic E-state index is 0.361. The van der Waals surface area contributed by atoms with Crippen LogP contribution in [0.25, 0.3) is 0 Å². The Bertz CT molecular complexity index is 536. The number of benzene rings is 1. The van der Waals surface area contributed by atoms with E-state index < -0.39 is 0 Å². The lowest BCUT2D eigenvalue weighted by atomic mass is 9.97. The predicted octanol–water partition coefficient (Wildman–Crippen LogP) is 2.76. The maximum atomic E-state index is 5.48. The van der Waals surface area contributed by atoms with Crippen molar-refractivity contribution in [2.24, 2.45) is 5.92 Å². The summed E-state index contributed by atoms with van der Waals surface area (Å²) in [6.07, 6.45) is 5.34. The van der Waals surface area contributed by atoms with E-state index in [1.807, 2.05) is 6.07 Å². The van der Waals surface area contributed by atoms with Crippen molar-refractivity contribution in [1.29, 1.82) is 0 Å². The predicted molar refractivity (Wildman–Crippen MR) is 91.1 cm³/mol. The van der Waals surface area contributed by atoms with Crippen LogP contribution in [0.4, 0.5) is 0 Å². The Hall–Kier alpha value is -1.26. The molecule has 3 aliphatic heterocycles. The molecule has 2 fully saturated rings. The number of ether oxygens (including phenoxy) is 2. The summed E-state index contributed by atoms with van der Waals surface area (Å²) in [5.74, 6) is 2.47. The number of rotatable bonds is 5. The van der Waals surface area contributed by atoms with E-state index in [-0.39, 0.29) is 0 Å². The smallest absolute Gasteiger partial charge is 0.231 e. The first-order valence-corrected chi connectivity index (χ1v) is 9.13. The minimum absolute atomic E-state index is 0.361. The molecule has 1 atom stereocenters. The molecule has 4 nitrogen and oxygen atoms in total. The van der Waals surface area contributed by atoms with Crippen molar-refractivity contribution in [2.45, 2.75) is 38.6 Å². The Kier molecular flexibility index (Phi) is 4.45. The molecule has 1 aromatic rings. The third-order valence-electron chi connectivity index (χ3n) is 5.44. The van der Waals surface area contributed by atoms with Gasteiger partial charge in [-0.1, -0.05) is 19.4 Å². The first-order chi connectivity index (χ1) is 11.3. The second kappa shape index (κ2) is 6.70. The average molecular weight is 316 g/mol. The molecule has 1 aromatic carbocycles. The molecule has 3 aliphatic rings. The highest BCUT2D eigenvalue weighted by atomic mass is 16.7. The van der Waals surface area contributed by atoms with Crippen LogP contribution in [0, 0.1) is 5.92 Å². The summed E-state index contributed by atoms with van der Waals surface area (Å²) in [5, 5.41) is 0. The Balaban J connectivity index is 1.23. The molecule has 0 aromatic heterocycles. The molecule has 3 heterocycles. The van der Waals surface area contributed by atoms with Crippen molar-refractivity contribution in [3.63, 3.8) is 0 Å². The van der Waals surface area contributed by atoms with Crippen LogP contribution in [0.1, 0.15) is 31.7 Å². The fraction of sp³-hybridized carbons (Fsp3) is 0.684. The Morgan fingerprint density at radius 3 is 2.70 bits per heavy atom. The molecule has 2 saturated heterocycles. The molecule has 4 rings (SSSR count). The summed E-state index contributed by atoms with van der Waals surface area (Å²) in [4.78, 5) is 5.33. The maximum absolute atomic E-state index is 5.48. The number of nitrogens with zero attached hydrogens (tertiary/aromatic N) is 2. The van der Waals surface area contributed by atoms with Gasteiger partial charge in [0.2, 0.25) is 6.79 Å². The van der Waals surface area contributed by atoms with E-state index in [1.54, 1.807) is 0 Å². The molecule has 23 heavy (non-hydrogen) atoms. The largest absolute Gasteiger partial charge is 0.454 e. The van der Waals surface area contributed by atoms with Crippen molar-refractivity contribution in [3.8, 4) is 11.5 Å². The van der Waals surface area contributed by atoms with Crippen LogP contribution < -0.4 is 9.47 Å². The van der Waals surface area contributed by atoms with Gasteiger partial charge >= 0.3 is 0 Å². The Morgan fingerprint density at radius 1 is 1.09 bits per heavy atom. The van der Waals surface area contributed by atoms with E-state index in [2.05, 4.69) is 28.9 Å². The van der Waals surface area contributed by atoms with Crippen LogP contribution in [0.15, 0.2) is 18.2 Å². The number of fused-ring (bicyclic) bond motifs is 1. The monoisotopic (exact) mass is 316 g/mol. The third-order valence-corrected chi connectivity index (χ3v) is 5.44. The summed E-state index contributed by atoms with van der Waals surface area (Å²) < 4.78 is 10.9. The lowest BCUT2D eigenvalue weighted by Gasteiger charge is -2.47. The first kappa shape index (κ1) is 15.3. The summed E-state index contributed by atoms with van der Waals surface area (Å²) in [5.41, 5.74) is 1.36. The Morgan fingerprint density at radius 2 is 1.87 bits per heavy atom. The van der Waals surface area contributed by atoms with E-state index in [9.17, 15) is 0 Å². The topological polar surface area (TPSA) is 24.9 Å². The van der Waals surface area contributed by atoms with Crippen molar-refractivity contribution in [3.05, 3.63) is 23.8 Å². The van der Waals surface area contributed by atoms with Gasteiger partial charge in [-0.25, -0.2) is 0 Å². The molecule has 0 radical (unpaired) electrons. The maximum Gasteiger partial charge on any atom is 0.231 e. The van der Waals surface area contributed by atoms with Gasteiger partial charge in [-0.05, 0) is 56.0 Å². The van der Waals surface area contributed by atoms with Gasteiger partial charge in [0.15, 0.2) is 11.5 Å². The van der Waals surface area contributed by atoms with Crippen LogP contribution in [0.3, 0.4) is 0 Å². The second-order valence-electron chi connectivity index (χ2n) is 7.47. The fourth-order valence-electron chi connectivity index (χ4n) is 4.18. The number of hydrogen-bond donors (Lipinski definition) is 0. The van der Waals surface area contributed by atoms with Gasteiger partial charge < -0.3 is 9.47 Å². The van der Waals surface area contributed by atoms with Crippen molar-refractivity contribution in [2.75, 3.05) is 39.5 Å². The highest BCUT2D eigenvalue weighted by Crippen LogP contribution is 2.33. The molecule has 0 saturated carbocycles. The minimum Gasteiger partial charge on any atom is -0.454 e. The van der Waals surface area contributed by atoms with E-state index >= 15 is 0 Å². The van der Waals surface area contributed by atoms with Crippen LogP contribution in [-0.2, 0) is 6.42 Å². The van der Waals surface area contributed by atoms with Crippen LogP contribution in [0.5, 0.6) is 11.5 Å². The number of likely N-dealkylation sites (tertiary alicyclic amines) is 2. The fourth-order valence-corrected chi connectivity index (χ4v) is 4.18. The SMILES string of the molecule is CC(Cc1ccc2c(c1)OCO2)CN1CC(N2CCCCC2)C1. The van der Waals surface area contributed by atoms with Crippen LogP contribution >= 0.6 is 0 Å². The highest BCUT2D eigenvalue weighted by Gasteiger charge is 2.32. The van der Waals surface area contributed by atoms with E-state index in [0.29, 0.717) is 12.7 Å². The molecule has 0 amide bonds. The van der Waals surface area contributed by atoms with Crippen molar-refractivity contribution in [1.82, 2.24) is 9.80 Å². The van der Waals surface area contributed by atoms with Gasteiger partial charge in [-0.15, -0.1) is 0 Å². The summed E-state index contributed by atoms with van der Waals surface area (Å²) in [6, 6.07) is 7.19. The molecule has 4 heteroatoms. The first-order valence-electron chi connectivity index (χ1n) is 9.13. The molecule has 0 aliphatic carbocycles. The molecular formula is C19H28N2O2. The summed E-state index contributed by atoms with van der Waals surface area (Å²) in [6.45, 7) is 9.12. The highest BCUT2D eigenvalue weighted by molar-refractivity contribution is 5.44. The van der Waals surface area contributed by atoms with Gasteiger partial charge in [0.25, 0.3) is 0 Å². The van der Waals surface area contributed by atoms with E-state index in [1.165, 1.54) is 57.5 Å². The molecule has 1 unspecified atom stereocenters. The normalized spacial score (nSPS) is 23.7. The zero-order chi connectivity index (χ0) is 15.6. The van der Waals surface area contributed by atoms with Crippen molar-refractivity contribution < 1.29 is 9.47 Å². The van der Waals surface area contributed by atoms with Gasteiger partial charge in [-0.2, -0.15) is 0 Å². The summed E-state index contributed by atoms with van der Waals surface area (Å²) >= 11 is 0. The third kappa shape index (κ3) is 3.48. The molecular weight excluding hydrogens is 288 g/mol. The van der Waals surface area contributed by atoms with Crippen LogP contribution in [0.2, 0.25) is 0 Å². The van der Waals surface area contributed by atoms with Gasteiger partial charge in [0, 0.05) is 25.7 Å². The average Bonchev–Trinajstić information content (AvgIpc) is 2.99. The molecule has 126 valence electrons. The molecule has 0 spiro atoms. The van der Waals surface area contributed by atoms with Gasteiger partial charge in [0.05, 0.1) is 0 Å². The quantitative estimate of drug-likeness (QED) is 0.834. The van der Waals surface area contributed by atoms with E-state index in [4.69, 9.17) is 9.47 Å². The zero-order valence-electron chi connectivity index (χ0n) is 14.2. The van der Waals surface area contributed by atoms with E-state index in [0.717, 1.165) is 24.0 Å². The standard InChI is InChI=1S/C19H28N2O2/c1-15(9-16-5-6-18-19(10-16)23-14-22-18)11-20-12-17(13-20)21-7-3-2-4-8-21/h5-6,10,15,17H,2-4,7-9,11-14H2,1H3. The lowest BCUT2D eigenvalue weighted by Crippen LogP contribution is -2.60. The molecule has 0 bridgehead atoms. The number of piperidine rings is 1. The van der Waals surface area contributed by atoms with Crippen molar-refractivity contribution >= 4 is 0 Å². The lowest BCUT2D eigenvalue weighted by molar-refractivity contribution is 0.0159. The second-order valence-corrected chi connectivity index (χ2v) is 7.47. The Labute approximate surface area is 139 Å². The van der Waals surface area contributed by atoms with Crippen LogP contribution in [-0.4, -0.2) is 55.4 Å². The van der Waals surface area contributed by atoms with Gasteiger partial charge in [-0.3, -0.25) is 9.80 Å². The molecule has 0 N–H and O–H groups in total. The zero-order valence-corrected chi connectivity index (χ0v) is 14.2. The van der Waals surface area contributed by atoms with Gasteiger partial charge in [0.1, 0.15) is 0 Å².